The summed E-state index contributed by atoms with van der Waals surface area (Å²) in [5, 5.41) is 2.71. The predicted molar refractivity (Wildman–Crippen MR) is 73.9 cm³/mol. The highest BCUT2D eigenvalue weighted by molar-refractivity contribution is 5.90. The first kappa shape index (κ1) is 12.9. The first-order valence-electron chi connectivity index (χ1n) is 6.01. The lowest BCUT2D eigenvalue weighted by molar-refractivity contribution is -0.116. The molecular formula is C13H16N4O2. The maximum atomic E-state index is 11.8. The number of carbonyl (C=O) groups is 1. The Hall–Kier alpha value is -2.50. The van der Waals surface area contributed by atoms with E-state index >= 15 is 0 Å². The Labute approximate surface area is 110 Å². The van der Waals surface area contributed by atoms with Gasteiger partial charge in [-0.1, -0.05) is 0 Å². The molecule has 0 fully saturated rings. The third-order valence-corrected chi connectivity index (χ3v) is 2.77. The molecule has 19 heavy (non-hydrogen) atoms. The molecule has 0 radical (unpaired) electrons. The molecule has 0 aliphatic rings. The number of nitrogens with two attached hydrogens (primary N) is 1. The molecule has 0 bridgehead atoms. The minimum atomic E-state index is -0.249. The van der Waals surface area contributed by atoms with Crippen LogP contribution in [-0.2, 0) is 17.9 Å². The third kappa shape index (κ3) is 3.04. The molecule has 0 atom stereocenters. The average molecular weight is 260 g/mol. The van der Waals surface area contributed by atoms with Crippen LogP contribution in [0.25, 0.3) is 0 Å². The van der Waals surface area contributed by atoms with Crippen molar-refractivity contribution >= 4 is 17.3 Å². The Bertz CT molecular complexity index is 625. The van der Waals surface area contributed by atoms with Gasteiger partial charge in [0.15, 0.2) is 0 Å². The van der Waals surface area contributed by atoms with Gasteiger partial charge < -0.3 is 11.1 Å². The topological polar surface area (TPSA) is 82.1 Å². The van der Waals surface area contributed by atoms with Crippen LogP contribution in [0, 0.1) is 0 Å². The van der Waals surface area contributed by atoms with Crippen LogP contribution in [0.5, 0.6) is 0 Å². The monoisotopic (exact) mass is 260 g/mol. The smallest absolute Gasteiger partial charge is 0.328 e. The van der Waals surface area contributed by atoms with Gasteiger partial charge in [0.25, 0.3) is 0 Å². The van der Waals surface area contributed by atoms with Gasteiger partial charge in [0.05, 0.1) is 0 Å². The number of rotatable bonds is 4. The zero-order valence-corrected chi connectivity index (χ0v) is 10.7. The molecule has 0 saturated heterocycles. The van der Waals surface area contributed by atoms with Crippen LogP contribution in [-0.4, -0.2) is 15.0 Å². The van der Waals surface area contributed by atoms with Crippen LogP contribution in [0.2, 0.25) is 0 Å². The van der Waals surface area contributed by atoms with Crippen LogP contribution in [0.1, 0.15) is 6.92 Å². The number of aryl methyl sites for hydroxylation is 1. The van der Waals surface area contributed by atoms with Crippen molar-refractivity contribution in [2.45, 2.75) is 20.0 Å². The second-order valence-electron chi connectivity index (χ2n) is 4.16. The van der Waals surface area contributed by atoms with Crippen molar-refractivity contribution in [3.63, 3.8) is 0 Å². The molecule has 100 valence electrons. The maximum Gasteiger partial charge on any atom is 0.328 e. The summed E-state index contributed by atoms with van der Waals surface area (Å²) in [6, 6.07) is 6.84. The maximum absolute atomic E-state index is 11.8. The molecule has 6 nitrogen and oxygen atoms in total. The van der Waals surface area contributed by atoms with Crippen molar-refractivity contribution in [3.8, 4) is 0 Å². The van der Waals surface area contributed by atoms with Crippen LogP contribution in [0.4, 0.5) is 11.4 Å². The van der Waals surface area contributed by atoms with Crippen molar-refractivity contribution in [2.75, 3.05) is 11.1 Å². The quantitative estimate of drug-likeness (QED) is 0.801. The van der Waals surface area contributed by atoms with Crippen LogP contribution in [0.3, 0.4) is 0 Å². The van der Waals surface area contributed by atoms with E-state index in [1.807, 2.05) is 6.92 Å². The van der Waals surface area contributed by atoms with E-state index in [2.05, 4.69) is 5.32 Å². The van der Waals surface area contributed by atoms with Crippen molar-refractivity contribution in [1.29, 1.82) is 0 Å². The summed E-state index contributed by atoms with van der Waals surface area (Å²) in [6.45, 7) is 2.46. The number of hydrogen-bond acceptors (Lipinski definition) is 3. The van der Waals surface area contributed by atoms with Gasteiger partial charge in [0, 0.05) is 30.3 Å². The number of nitrogen functional groups attached to an aromatic ring is 1. The fourth-order valence-corrected chi connectivity index (χ4v) is 1.74. The molecule has 1 amide bonds. The summed E-state index contributed by atoms with van der Waals surface area (Å²) >= 11 is 0. The van der Waals surface area contributed by atoms with Gasteiger partial charge in [-0.3, -0.25) is 13.9 Å². The Morgan fingerprint density at radius 1 is 1.21 bits per heavy atom. The molecule has 1 aromatic heterocycles. The van der Waals surface area contributed by atoms with Crippen LogP contribution >= 0.6 is 0 Å². The highest BCUT2D eigenvalue weighted by Gasteiger charge is 2.07. The molecule has 0 aliphatic carbocycles. The van der Waals surface area contributed by atoms with E-state index in [1.165, 1.54) is 9.13 Å². The Balaban J connectivity index is 2.03. The summed E-state index contributed by atoms with van der Waals surface area (Å²) in [4.78, 5) is 23.6. The summed E-state index contributed by atoms with van der Waals surface area (Å²) in [5.74, 6) is -0.249. The van der Waals surface area contributed by atoms with E-state index in [9.17, 15) is 9.59 Å². The summed E-state index contributed by atoms with van der Waals surface area (Å²) < 4.78 is 2.91. The number of nitrogens with zero attached hydrogens (tertiary/aromatic N) is 2. The van der Waals surface area contributed by atoms with Gasteiger partial charge in [-0.15, -0.1) is 0 Å². The highest BCUT2D eigenvalue weighted by Crippen LogP contribution is 2.10. The number of anilines is 2. The third-order valence-electron chi connectivity index (χ3n) is 2.77. The first-order chi connectivity index (χ1) is 9.10. The fourth-order valence-electron chi connectivity index (χ4n) is 1.74. The van der Waals surface area contributed by atoms with Crippen LogP contribution < -0.4 is 16.7 Å². The van der Waals surface area contributed by atoms with E-state index in [0.717, 1.165) is 0 Å². The highest BCUT2D eigenvalue weighted by atomic mass is 16.2. The number of carbonyl (C=O) groups excluding carboxylic acids is 1. The van der Waals surface area contributed by atoms with Gasteiger partial charge in [-0.2, -0.15) is 0 Å². The second-order valence-corrected chi connectivity index (χ2v) is 4.16. The van der Waals surface area contributed by atoms with Crippen molar-refractivity contribution in [2.24, 2.45) is 0 Å². The molecule has 0 saturated carbocycles. The largest absolute Gasteiger partial charge is 0.399 e. The van der Waals surface area contributed by atoms with E-state index in [4.69, 9.17) is 5.73 Å². The lowest BCUT2D eigenvalue weighted by atomic mass is 10.3. The lowest BCUT2D eigenvalue weighted by Gasteiger charge is -2.05. The normalized spacial score (nSPS) is 10.4. The van der Waals surface area contributed by atoms with E-state index < -0.39 is 0 Å². The number of imidazole rings is 1. The molecule has 0 aliphatic heterocycles. The summed E-state index contributed by atoms with van der Waals surface area (Å²) in [5.41, 5.74) is 6.66. The summed E-state index contributed by atoms with van der Waals surface area (Å²) in [7, 11) is 0. The van der Waals surface area contributed by atoms with E-state index in [-0.39, 0.29) is 18.1 Å². The second kappa shape index (κ2) is 5.43. The molecule has 2 rings (SSSR count). The molecule has 2 aromatic rings. The van der Waals surface area contributed by atoms with Gasteiger partial charge in [-0.05, 0) is 31.2 Å². The number of aromatic nitrogens is 2. The molecule has 6 heteroatoms. The minimum absolute atomic E-state index is 0.00376. The fraction of sp³-hybridized carbons (Fsp3) is 0.231. The number of benzene rings is 1. The van der Waals surface area contributed by atoms with Crippen LogP contribution in [0.15, 0.2) is 41.5 Å². The molecule has 1 heterocycles. The molecule has 3 N–H and O–H groups in total. The minimum Gasteiger partial charge on any atom is -0.399 e. The Morgan fingerprint density at radius 3 is 2.42 bits per heavy atom. The molecule has 0 unspecified atom stereocenters. The first-order valence-corrected chi connectivity index (χ1v) is 6.01. The van der Waals surface area contributed by atoms with Gasteiger partial charge >= 0.3 is 5.69 Å². The zero-order valence-electron chi connectivity index (χ0n) is 10.7. The van der Waals surface area contributed by atoms with Crippen molar-refractivity contribution in [1.82, 2.24) is 9.13 Å². The van der Waals surface area contributed by atoms with Crippen molar-refractivity contribution in [3.05, 3.63) is 47.1 Å². The van der Waals surface area contributed by atoms with Gasteiger partial charge in [0.2, 0.25) is 5.91 Å². The lowest BCUT2D eigenvalue weighted by Crippen LogP contribution is -2.28. The summed E-state index contributed by atoms with van der Waals surface area (Å²) in [6.07, 6.45) is 3.27. The zero-order chi connectivity index (χ0) is 13.8. The Morgan fingerprint density at radius 2 is 1.84 bits per heavy atom. The van der Waals surface area contributed by atoms with Gasteiger partial charge in [-0.25, -0.2) is 4.79 Å². The molecular weight excluding hydrogens is 244 g/mol. The number of hydrogen-bond donors (Lipinski definition) is 2. The standard InChI is InChI=1S/C13H16N4O2/c1-2-16-7-8-17(13(16)19)9-12(18)15-11-5-3-10(14)4-6-11/h3-8H,2,9,14H2,1H3,(H,15,18). The van der Waals surface area contributed by atoms with E-state index in [1.54, 1.807) is 36.7 Å². The van der Waals surface area contributed by atoms with Gasteiger partial charge in [0.1, 0.15) is 6.54 Å². The number of nitrogens with one attached hydrogen (secondary N) is 1. The molecule has 0 spiro atoms. The van der Waals surface area contributed by atoms with Crippen molar-refractivity contribution < 1.29 is 4.79 Å². The average Bonchev–Trinajstić information content (AvgIpc) is 2.73. The predicted octanol–water partition coefficient (Wildman–Crippen LogP) is 0.891. The molecule has 1 aromatic carbocycles. The SMILES string of the molecule is CCn1ccn(CC(=O)Nc2ccc(N)cc2)c1=O. The number of amides is 1. The Kier molecular flexibility index (Phi) is 3.70. The van der Waals surface area contributed by atoms with E-state index in [0.29, 0.717) is 17.9 Å².